The lowest BCUT2D eigenvalue weighted by Crippen LogP contribution is -2.56. The zero-order valence-electron chi connectivity index (χ0n) is 16.9. The minimum absolute atomic E-state index is 0.124. The highest BCUT2D eigenvalue weighted by Crippen LogP contribution is 2.54. The van der Waals surface area contributed by atoms with Crippen molar-refractivity contribution in [3.05, 3.63) is 65.0 Å². The van der Waals surface area contributed by atoms with Gasteiger partial charge in [0.1, 0.15) is 5.82 Å². The molecule has 0 aromatic heterocycles. The van der Waals surface area contributed by atoms with Crippen LogP contribution in [0.5, 0.6) is 0 Å². The van der Waals surface area contributed by atoms with Crippen molar-refractivity contribution in [2.75, 3.05) is 24.5 Å². The Morgan fingerprint density at radius 2 is 2.03 bits per heavy atom. The standard InChI is InChI=1S/C25H29FN2O/c26-20-11-9-18(10-12-20)23(29)8-4-13-25-14-15-27-17-22(25)21-7-3-6-19-5-1-2-16-28(25)24(19)21/h3,6-7,9-12,22,27H,1-2,4-5,8,13-17H2/t22-,25-/m1/s1. The number of halogens is 1. The van der Waals surface area contributed by atoms with E-state index in [0.717, 1.165) is 38.9 Å². The van der Waals surface area contributed by atoms with Crippen molar-refractivity contribution in [2.24, 2.45) is 0 Å². The first-order valence-corrected chi connectivity index (χ1v) is 11.1. The van der Waals surface area contributed by atoms with Crippen LogP contribution >= 0.6 is 0 Å². The number of aryl methyl sites for hydroxylation is 1. The summed E-state index contributed by atoms with van der Waals surface area (Å²) >= 11 is 0. The second-order valence-corrected chi connectivity index (χ2v) is 8.86. The van der Waals surface area contributed by atoms with Crippen molar-refractivity contribution in [1.29, 1.82) is 0 Å². The van der Waals surface area contributed by atoms with Crippen LogP contribution in [-0.4, -0.2) is 31.0 Å². The molecule has 3 aliphatic heterocycles. The first-order chi connectivity index (χ1) is 14.2. The molecule has 3 heterocycles. The molecule has 2 aromatic rings. The Hall–Kier alpha value is -2.20. The van der Waals surface area contributed by atoms with Crippen LogP contribution in [0.2, 0.25) is 0 Å². The van der Waals surface area contributed by atoms with Crippen molar-refractivity contribution in [3.63, 3.8) is 0 Å². The van der Waals surface area contributed by atoms with Gasteiger partial charge in [-0.2, -0.15) is 0 Å². The predicted molar refractivity (Wildman–Crippen MR) is 114 cm³/mol. The molecule has 1 N–H and O–H groups in total. The fraction of sp³-hybridized carbons (Fsp3) is 0.480. The Labute approximate surface area is 172 Å². The van der Waals surface area contributed by atoms with E-state index < -0.39 is 0 Å². The minimum Gasteiger partial charge on any atom is -0.365 e. The molecule has 0 unspecified atom stereocenters. The van der Waals surface area contributed by atoms with E-state index in [-0.39, 0.29) is 17.1 Å². The summed E-state index contributed by atoms with van der Waals surface area (Å²) in [7, 11) is 0. The molecule has 0 amide bonds. The second kappa shape index (κ2) is 7.56. The molecule has 29 heavy (non-hydrogen) atoms. The molecule has 0 saturated carbocycles. The Morgan fingerprint density at radius 3 is 2.90 bits per heavy atom. The number of benzene rings is 2. The van der Waals surface area contributed by atoms with E-state index in [9.17, 15) is 9.18 Å². The molecule has 5 rings (SSSR count). The number of rotatable bonds is 5. The molecule has 0 bridgehead atoms. The Balaban J connectivity index is 1.38. The summed E-state index contributed by atoms with van der Waals surface area (Å²) in [4.78, 5) is 15.4. The van der Waals surface area contributed by atoms with Crippen LogP contribution in [0.4, 0.5) is 10.1 Å². The van der Waals surface area contributed by atoms with Crippen LogP contribution in [0.1, 0.15) is 65.9 Å². The van der Waals surface area contributed by atoms with Gasteiger partial charge in [0, 0.05) is 42.2 Å². The molecule has 3 nitrogen and oxygen atoms in total. The van der Waals surface area contributed by atoms with E-state index in [2.05, 4.69) is 28.4 Å². The van der Waals surface area contributed by atoms with Crippen LogP contribution in [0, 0.1) is 5.82 Å². The summed E-state index contributed by atoms with van der Waals surface area (Å²) in [5.74, 6) is 0.336. The van der Waals surface area contributed by atoms with Gasteiger partial charge in [0.05, 0.1) is 0 Å². The van der Waals surface area contributed by atoms with Gasteiger partial charge in [-0.1, -0.05) is 18.2 Å². The highest BCUT2D eigenvalue weighted by atomic mass is 19.1. The lowest BCUT2D eigenvalue weighted by Gasteiger charge is -2.47. The molecular weight excluding hydrogens is 363 g/mol. The van der Waals surface area contributed by atoms with Crippen molar-refractivity contribution in [1.82, 2.24) is 5.32 Å². The quantitative estimate of drug-likeness (QED) is 0.738. The Kier molecular flexibility index (Phi) is 4.91. The summed E-state index contributed by atoms with van der Waals surface area (Å²) in [5.41, 5.74) is 5.29. The van der Waals surface area contributed by atoms with Crippen LogP contribution < -0.4 is 10.2 Å². The number of piperidine rings is 1. The monoisotopic (exact) mass is 392 g/mol. The molecule has 3 aliphatic rings. The van der Waals surface area contributed by atoms with Gasteiger partial charge in [0.25, 0.3) is 0 Å². The molecule has 0 spiro atoms. The minimum atomic E-state index is -0.293. The van der Waals surface area contributed by atoms with Gasteiger partial charge >= 0.3 is 0 Å². The number of anilines is 1. The Morgan fingerprint density at radius 1 is 1.17 bits per heavy atom. The molecule has 152 valence electrons. The lowest BCUT2D eigenvalue weighted by atomic mass is 9.73. The van der Waals surface area contributed by atoms with Crippen molar-refractivity contribution < 1.29 is 9.18 Å². The average molecular weight is 393 g/mol. The zero-order valence-corrected chi connectivity index (χ0v) is 16.9. The number of nitrogens with zero attached hydrogens (tertiary/aromatic N) is 1. The summed E-state index contributed by atoms with van der Waals surface area (Å²) in [5, 5.41) is 3.62. The average Bonchev–Trinajstić information content (AvgIpc) is 2.86. The fourth-order valence-corrected chi connectivity index (χ4v) is 5.97. The summed E-state index contributed by atoms with van der Waals surface area (Å²) < 4.78 is 13.2. The summed E-state index contributed by atoms with van der Waals surface area (Å²) in [6.45, 7) is 3.20. The second-order valence-electron chi connectivity index (χ2n) is 8.86. The third kappa shape index (κ3) is 3.18. The number of carbonyl (C=O) groups excluding carboxylic acids is 1. The van der Waals surface area contributed by atoms with Crippen molar-refractivity contribution in [2.45, 2.75) is 56.4 Å². The molecule has 1 fully saturated rings. The number of hydrogen-bond donors (Lipinski definition) is 1. The summed E-state index contributed by atoms with van der Waals surface area (Å²) in [6, 6.07) is 12.8. The van der Waals surface area contributed by atoms with Crippen molar-refractivity contribution in [3.8, 4) is 0 Å². The number of nitrogens with one attached hydrogen (secondary N) is 1. The first kappa shape index (κ1) is 18.8. The van der Waals surface area contributed by atoms with Gasteiger partial charge < -0.3 is 10.2 Å². The predicted octanol–water partition coefficient (Wildman–Crippen LogP) is 4.85. The number of Topliss-reactive ketones (excluding diaryl/α,β-unsaturated/α-hetero) is 1. The number of para-hydroxylation sites is 1. The van der Waals surface area contributed by atoms with E-state index in [4.69, 9.17) is 0 Å². The molecular formula is C25H29FN2O. The maximum atomic E-state index is 13.2. The Bertz CT molecular complexity index is 910. The number of ketones is 1. The van der Waals surface area contributed by atoms with Gasteiger partial charge in [-0.3, -0.25) is 4.79 Å². The van der Waals surface area contributed by atoms with Gasteiger partial charge in [-0.15, -0.1) is 0 Å². The first-order valence-electron chi connectivity index (χ1n) is 11.1. The molecule has 1 saturated heterocycles. The van der Waals surface area contributed by atoms with Crippen LogP contribution in [-0.2, 0) is 6.42 Å². The lowest BCUT2D eigenvalue weighted by molar-refractivity contribution is 0.0974. The number of hydrogen-bond acceptors (Lipinski definition) is 3. The van der Waals surface area contributed by atoms with Crippen LogP contribution in [0.25, 0.3) is 0 Å². The molecule has 0 radical (unpaired) electrons. The highest BCUT2D eigenvalue weighted by Gasteiger charge is 2.52. The topological polar surface area (TPSA) is 32.3 Å². The third-order valence-electron chi connectivity index (χ3n) is 7.32. The normalized spacial score (nSPS) is 25.3. The number of fused-ring (bicyclic) bond motifs is 3. The van der Waals surface area contributed by atoms with Gasteiger partial charge in [0.15, 0.2) is 5.78 Å². The van der Waals surface area contributed by atoms with E-state index >= 15 is 0 Å². The van der Waals surface area contributed by atoms with Crippen LogP contribution in [0.15, 0.2) is 42.5 Å². The van der Waals surface area contributed by atoms with E-state index in [0.29, 0.717) is 17.9 Å². The highest BCUT2D eigenvalue weighted by molar-refractivity contribution is 5.96. The maximum Gasteiger partial charge on any atom is 0.162 e. The number of carbonyl (C=O) groups is 1. The molecule has 2 atom stereocenters. The van der Waals surface area contributed by atoms with Crippen molar-refractivity contribution >= 4 is 11.5 Å². The van der Waals surface area contributed by atoms with E-state index in [1.807, 2.05) is 0 Å². The smallest absolute Gasteiger partial charge is 0.162 e. The van der Waals surface area contributed by atoms with E-state index in [1.165, 1.54) is 48.2 Å². The summed E-state index contributed by atoms with van der Waals surface area (Å²) in [6.07, 6.45) is 7.27. The van der Waals surface area contributed by atoms with E-state index in [1.54, 1.807) is 12.1 Å². The SMILES string of the molecule is O=C(CCC[C@@]12CCNC[C@@H]1c1cccc3c1N2CCCC3)c1ccc(F)cc1. The molecule has 2 aromatic carbocycles. The van der Waals surface area contributed by atoms with Crippen LogP contribution in [0.3, 0.4) is 0 Å². The zero-order chi connectivity index (χ0) is 19.8. The van der Waals surface area contributed by atoms with Gasteiger partial charge in [0.2, 0.25) is 0 Å². The molecule has 4 heteroatoms. The largest absolute Gasteiger partial charge is 0.365 e. The fourth-order valence-electron chi connectivity index (χ4n) is 5.97. The van der Waals surface area contributed by atoms with Gasteiger partial charge in [-0.05, 0) is 80.5 Å². The molecule has 0 aliphatic carbocycles. The third-order valence-corrected chi connectivity index (χ3v) is 7.32. The maximum absolute atomic E-state index is 13.2. The van der Waals surface area contributed by atoms with Gasteiger partial charge in [-0.25, -0.2) is 4.39 Å².